The van der Waals surface area contributed by atoms with Crippen LogP contribution in [-0.4, -0.2) is 5.11 Å². The molecule has 0 aliphatic carbocycles. The standard InChI is InChI=1S/C19H24O/c1-2-3-4-5-7-12-18-15-17(13-14-19(18)20)16-10-8-6-9-11-16/h6,8-11,13-15,20H,2-5,7,12H2,1H3. The second-order valence-electron chi connectivity index (χ2n) is 5.37. The predicted molar refractivity (Wildman–Crippen MR) is 86.0 cm³/mol. The third-order valence-electron chi connectivity index (χ3n) is 3.74. The molecule has 0 heterocycles. The molecule has 20 heavy (non-hydrogen) atoms. The molecular formula is C19H24O. The summed E-state index contributed by atoms with van der Waals surface area (Å²) in [6, 6.07) is 16.3. The summed E-state index contributed by atoms with van der Waals surface area (Å²) in [4.78, 5) is 0. The van der Waals surface area contributed by atoms with Gasteiger partial charge in [0.15, 0.2) is 0 Å². The van der Waals surface area contributed by atoms with E-state index in [1.165, 1.54) is 36.8 Å². The lowest BCUT2D eigenvalue weighted by Gasteiger charge is -2.08. The van der Waals surface area contributed by atoms with Crippen LogP contribution in [0, 0.1) is 0 Å². The fourth-order valence-electron chi connectivity index (χ4n) is 2.51. The van der Waals surface area contributed by atoms with Crippen molar-refractivity contribution >= 4 is 0 Å². The van der Waals surface area contributed by atoms with Gasteiger partial charge in [-0.05, 0) is 41.7 Å². The van der Waals surface area contributed by atoms with Gasteiger partial charge in [0.05, 0.1) is 0 Å². The van der Waals surface area contributed by atoms with Crippen molar-refractivity contribution in [1.29, 1.82) is 0 Å². The zero-order valence-corrected chi connectivity index (χ0v) is 12.3. The van der Waals surface area contributed by atoms with Gasteiger partial charge in [-0.25, -0.2) is 0 Å². The molecule has 1 N–H and O–H groups in total. The minimum absolute atomic E-state index is 0.431. The Balaban J connectivity index is 2.02. The van der Waals surface area contributed by atoms with Crippen molar-refractivity contribution in [2.45, 2.75) is 45.4 Å². The van der Waals surface area contributed by atoms with E-state index < -0.39 is 0 Å². The molecule has 0 radical (unpaired) electrons. The van der Waals surface area contributed by atoms with Gasteiger partial charge < -0.3 is 5.11 Å². The predicted octanol–water partition coefficient (Wildman–Crippen LogP) is 5.57. The third-order valence-corrected chi connectivity index (χ3v) is 3.74. The van der Waals surface area contributed by atoms with E-state index >= 15 is 0 Å². The Hall–Kier alpha value is -1.76. The lowest BCUT2D eigenvalue weighted by atomic mass is 9.99. The molecular weight excluding hydrogens is 244 g/mol. The number of hydrogen-bond acceptors (Lipinski definition) is 1. The average Bonchev–Trinajstić information content (AvgIpc) is 2.49. The molecule has 0 fully saturated rings. The van der Waals surface area contributed by atoms with Crippen molar-refractivity contribution in [3.05, 3.63) is 54.1 Å². The lowest BCUT2D eigenvalue weighted by molar-refractivity contribution is 0.466. The maximum Gasteiger partial charge on any atom is 0.118 e. The van der Waals surface area contributed by atoms with Crippen LogP contribution in [0.15, 0.2) is 48.5 Å². The van der Waals surface area contributed by atoms with E-state index in [9.17, 15) is 5.11 Å². The van der Waals surface area contributed by atoms with E-state index in [0.717, 1.165) is 18.4 Å². The number of hydrogen-bond donors (Lipinski definition) is 1. The van der Waals surface area contributed by atoms with Crippen LogP contribution in [0.4, 0.5) is 0 Å². The number of phenolic OH excluding ortho intramolecular Hbond substituents is 1. The van der Waals surface area contributed by atoms with E-state index in [2.05, 4.69) is 25.1 Å². The molecule has 1 nitrogen and oxygen atoms in total. The van der Waals surface area contributed by atoms with Crippen molar-refractivity contribution < 1.29 is 5.11 Å². The smallest absolute Gasteiger partial charge is 0.118 e. The second kappa shape index (κ2) is 7.74. The zero-order chi connectivity index (χ0) is 14.2. The highest BCUT2D eigenvalue weighted by atomic mass is 16.3. The van der Waals surface area contributed by atoms with Gasteiger partial charge in [0, 0.05) is 0 Å². The first-order valence-corrected chi connectivity index (χ1v) is 7.68. The van der Waals surface area contributed by atoms with Gasteiger partial charge in [0.1, 0.15) is 5.75 Å². The maximum absolute atomic E-state index is 9.98. The van der Waals surface area contributed by atoms with Gasteiger partial charge in [-0.3, -0.25) is 0 Å². The molecule has 0 unspecified atom stereocenters. The molecule has 0 spiro atoms. The van der Waals surface area contributed by atoms with E-state index in [1.807, 2.05) is 30.3 Å². The molecule has 1 heteroatoms. The third kappa shape index (κ3) is 4.12. The molecule has 0 saturated carbocycles. The summed E-state index contributed by atoms with van der Waals surface area (Å²) in [6.45, 7) is 2.23. The quantitative estimate of drug-likeness (QED) is 0.651. The van der Waals surface area contributed by atoms with Crippen LogP contribution in [-0.2, 0) is 6.42 Å². The first kappa shape index (κ1) is 14.6. The molecule has 0 aliphatic heterocycles. The molecule has 0 bridgehead atoms. The van der Waals surface area contributed by atoms with Crippen molar-refractivity contribution in [2.24, 2.45) is 0 Å². The summed E-state index contributed by atoms with van der Waals surface area (Å²) in [7, 11) is 0. The molecule has 0 amide bonds. The van der Waals surface area contributed by atoms with Crippen LogP contribution in [0.25, 0.3) is 11.1 Å². The van der Waals surface area contributed by atoms with Crippen LogP contribution < -0.4 is 0 Å². The summed E-state index contributed by atoms with van der Waals surface area (Å²) in [5, 5.41) is 9.98. The first-order valence-electron chi connectivity index (χ1n) is 7.68. The van der Waals surface area contributed by atoms with Gasteiger partial charge in [0.2, 0.25) is 0 Å². The number of unbranched alkanes of at least 4 members (excludes halogenated alkanes) is 4. The van der Waals surface area contributed by atoms with Crippen molar-refractivity contribution in [1.82, 2.24) is 0 Å². The molecule has 0 aliphatic rings. The van der Waals surface area contributed by atoms with Crippen LogP contribution >= 0.6 is 0 Å². The first-order chi connectivity index (χ1) is 9.81. The number of phenols is 1. The van der Waals surface area contributed by atoms with Gasteiger partial charge in [-0.2, -0.15) is 0 Å². The second-order valence-corrected chi connectivity index (χ2v) is 5.37. The Labute approximate surface area is 122 Å². The summed E-state index contributed by atoms with van der Waals surface area (Å²) in [5.74, 6) is 0.431. The van der Waals surface area contributed by atoms with Gasteiger partial charge in [-0.1, -0.05) is 69.0 Å². The minimum atomic E-state index is 0.431. The molecule has 2 aromatic carbocycles. The number of benzene rings is 2. The molecule has 0 atom stereocenters. The fourth-order valence-corrected chi connectivity index (χ4v) is 2.51. The highest BCUT2D eigenvalue weighted by Crippen LogP contribution is 2.27. The van der Waals surface area contributed by atoms with Crippen LogP contribution in [0.5, 0.6) is 5.75 Å². The Morgan fingerprint density at radius 1 is 0.800 bits per heavy atom. The molecule has 106 valence electrons. The summed E-state index contributed by atoms with van der Waals surface area (Å²) < 4.78 is 0. The van der Waals surface area contributed by atoms with E-state index in [0.29, 0.717) is 5.75 Å². The van der Waals surface area contributed by atoms with E-state index in [-0.39, 0.29) is 0 Å². The largest absolute Gasteiger partial charge is 0.508 e. The molecule has 0 saturated heterocycles. The summed E-state index contributed by atoms with van der Waals surface area (Å²) in [5.41, 5.74) is 3.47. The molecule has 0 aromatic heterocycles. The Morgan fingerprint density at radius 2 is 1.55 bits per heavy atom. The SMILES string of the molecule is CCCCCCCc1cc(-c2ccccc2)ccc1O. The van der Waals surface area contributed by atoms with Crippen molar-refractivity contribution in [3.8, 4) is 16.9 Å². The van der Waals surface area contributed by atoms with Crippen molar-refractivity contribution in [3.63, 3.8) is 0 Å². The van der Waals surface area contributed by atoms with Gasteiger partial charge >= 0.3 is 0 Å². The van der Waals surface area contributed by atoms with Crippen LogP contribution in [0.2, 0.25) is 0 Å². The Kier molecular flexibility index (Phi) is 5.67. The van der Waals surface area contributed by atoms with Crippen LogP contribution in [0.1, 0.15) is 44.6 Å². The Bertz CT molecular complexity index is 517. The van der Waals surface area contributed by atoms with Crippen molar-refractivity contribution in [2.75, 3.05) is 0 Å². The van der Waals surface area contributed by atoms with Gasteiger partial charge in [-0.15, -0.1) is 0 Å². The summed E-state index contributed by atoms with van der Waals surface area (Å²) >= 11 is 0. The fraction of sp³-hybridized carbons (Fsp3) is 0.368. The molecule has 2 aromatic rings. The maximum atomic E-state index is 9.98. The summed E-state index contributed by atoms with van der Waals surface area (Å²) in [6.07, 6.45) is 7.27. The monoisotopic (exact) mass is 268 g/mol. The number of rotatable bonds is 7. The van der Waals surface area contributed by atoms with E-state index in [1.54, 1.807) is 0 Å². The average molecular weight is 268 g/mol. The highest BCUT2D eigenvalue weighted by molar-refractivity contribution is 5.65. The number of aromatic hydroxyl groups is 1. The minimum Gasteiger partial charge on any atom is -0.508 e. The topological polar surface area (TPSA) is 20.2 Å². The molecule has 2 rings (SSSR count). The lowest BCUT2D eigenvalue weighted by Crippen LogP contribution is -1.89. The highest BCUT2D eigenvalue weighted by Gasteiger charge is 2.04. The van der Waals surface area contributed by atoms with Crippen LogP contribution in [0.3, 0.4) is 0 Å². The van der Waals surface area contributed by atoms with Gasteiger partial charge in [0.25, 0.3) is 0 Å². The Morgan fingerprint density at radius 3 is 2.30 bits per heavy atom. The number of aryl methyl sites for hydroxylation is 1. The zero-order valence-electron chi connectivity index (χ0n) is 12.3. The normalized spacial score (nSPS) is 10.7. The van der Waals surface area contributed by atoms with E-state index in [4.69, 9.17) is 0 Å².